The summed E-state index contributed by atoms with van der Waals surface area (Å²) < 4.78 is 38.8. The first-order chi connectivity index (χ1) is 15.8. The fraction of sp³-hybridized carbons (Fsp3) is 0.0870. The molecular weight excluding hydrogens is 468 g/mol. The van der Waals surface area contributed by atoms with E-state index in [9.17, 15) is 13.2 Å². The number of halogens is 1. The first kappa shape index (κ1) is 24.1. The molecule has 3 aromatic carbocycles. The van der Waals surface area contributed by atoms with Gasteiger partial charge in [0.2, 0.25) is 0 Å². The van der Waals surface area contributed by atoms with E-state index in [1.165, 1.54) is 56.7 Å². The molecule has 3 aromatic rings. The molecule has 0 radical (unpaired) electrons. The molecule has 0 aliphatic heterocycles. The van der Waals surface area contributed by atoms with Crippen molar-refractivity contribution >= 4 is 38.8 Å². The largest absolute Gasteiger partial charge is 0.493 e. The van der Waals surface area contributed by atoms with Crippen LogP contribution in [0, 0.1) is 0 Å². The molecule has 0 bridgehead atoms. The Morgan fingerprint density at radius 2 is 1.67 bits per heavy atom. The number of hydrogen-bond acceptors (Lipinski definition) is 6. The quantitative estimate of drug-likeness (QED) is 0.250. The average Bonchev–Trinajstić information content (AvgIpc) is 2.83. The molecular formula is C23H21ClN2O6S. The second-order valence-corrected chi connectivity index (χ2v) is 8.81. The van der Waals surface area contributed by atoms with Crippen molar-refractivity contribution in [2.75, 3.05) is 18.9 Å². The number of rotatable bonds is 8. The number of anilines is 1. The van der Waals surface area contributed by atoms with Crippen LogP contribution in [0.25, 0.3) is 5.57 Å². The van der Waals surface area contributed by atoms with Crippen LogP contribution >= 0.6 is 11.6 Å². The molecule has 0 saturated carbocycles. The van der Waals surface area contributed by atoms with E-state index in [2.05, 4.69) is 4.72 Å². The van der Waals surface area contributed by atoms with Crippen molar-refractivity contribution in [3.8, 4) is 11.5 Å². The first-order valence-electron chi connectivity index (χ1n) is 9.55. The van der Waals surface area contributed by atoms with E-state index >= 15 is 0 Å². The minimum absolute atomic E-state index is 0.0323. The number of nitrogens with one attached hydrogen (secondary N) is 2. The van der Waals surface area contributed by atoms with Crippen LogP contribution in [0.5, 0.6) is 11.5 Å². The third-order valence-electron chi connectivity index (χ3n) is 4.64. The van der Waals surface area contributed by atoms with Gasteiger partial charge in [-0.05, 0) is 41.5 Å². The van der Waals surface area contributed by atoms with Gasteiger partial charge in [0.1, 0.15) is 0 Å². The number of hydroxylamine groups is 1. The number of carbonyl (C=O) groups is 1. The van der Waals surface area contributed by atoms with Gasteiger partial charge in [0.05, 0.1) is 19.1 Å². The highest BCUT2D eigenvalue weighted by Gasteiger charge is 2.19. The highest BCUT2D eigenvalue weighted by atomic mass is 35.5. The lowest BCUT2D eigenvalue weighted by Gasteiger charge is -2.15. The smallest absolute Gasteiger partial charge is 0.267 e. The van der Waals surface area contributed by atoms with Gasteiger partial charge in [-0.25, -0.2) is 13.9 Å². The van der Waals surface area contributed by atoms with Gasteiger partial charge < -0.3 is 9.47 Å². The van der Waals surface area contributed by atoms with Crippen LogP contribution in [0.2, 0.25) is 5.02 Å². The van der Waals surface area contributed by atoms with Crippen LogP contribution in [0.15, 0.2) is 77.7 Å². The Balaban J connectivity index is 2.03. The van der Waals surface area contributed by atoms with E-state index in [0.717, 1.165) is 0 Å². The lowest BCUT2D eigenvalue weighted by molar-refractivity contribution is -0.124. The van der Waals surface area contributed by atoms with Gasteiger partial charge >= 0.3 is 0 Å². The first-order valence-corrected chi connectivity index (χ1v) is 11.4. The second-order valence-electron chi connectivity index (χ2n) is 6.72. The Kier molecular flexibility index (Phi) is 7.59. The molecule has 0 aliphatic rings. The van der Waals surface area contributed by atoms with Crippen LogP contribution in [0.3, 0.4) is 0 Å². The Morgan fingerprint density at radius 1 is 0.970 bits per heavy atom. The maximum atomic E-state index is 13.0. The van der Waals surface area contributed by atoms with Crippen molar-refractivity contribution in [2.45, 2.75) is 4.90 Å². The molecule has 0 fully saturated rings. The molecule has 172 valence electrons. The number of hydrogen-bond donors (Lipinski definition) is 3. The topological polar surface area (TPSA) is 114 Å². The molecule has 3 rings (SSSR count). The summed E-state index contributed by atoms with van der Waals surface area (Å²) in [5.74, 6) is -0.104. The standard InChI is InChI=1S/C23H21ClN2O6S/c1-31-21-11-9-17(13-22(21)32-2)33(29,30)26-16-8-10-20(24)19(12-16)18(14-23(27)25-28)15-6-4-3-5-7-15/h3-14,26,28H,1-2H3,(H,25,27). The zero-order valence-corrected chi connectivity index (χ0v) is 19.3. The second kappa shape index (κ2) is 10.4. The maximum Gasteiger partial charge on any atom is 0.267 e. The molecule has 0 atom stereocenters. The number of benzene rings is 3. The summed E-state index contributed by atoms with van der Waals surface area (Å²) in [6, 6.07) is 17.6. The van der Waals surface area contributed by atoms with Gasteiger partial charge in [0, 0.05) is 28.4 Å². The van der Waals surface area contributed by atoms with Crippen LogP contribution in [-0.2, 0) is 14.8 Å². The summed E-state index contributed by atoms with van der Waals surface area (Å²) in [7, 11) is -1.12. The third-order valence-corrected chi connectivity index (χ3v) is 6.35. The summed E-state index contributed by atoms with van der Waals surface area (Å²) in [4.78, 5) is 11.8. The van der Waals surface area contributed by atoms with E-state index in [4.69, 9.17) is 26.3 Å². The number of ether oxygens (including phenoxy) is 2. The van der Waals surface area contributed by atoms with Gasteiger partial charge in [-0.1, -0.05) is 41.9 Å². The molecule has 1 amide bonds. The van der Waals surface area contributed by atoms with E-state index in [-0.39, 0.29) is 21.4 Å². The molecule has 8 nitrogen and oxygen atoms in total. The molecule has 0 spiro atoms. The Morgan fingerprint density at radius 3 is 2.30 bits per heavy atom. The summed E-state index contributed by atoms with van der Waals surface area (Å²) in [5.41, 5.74) is 3.19. The fourth-order valence-electron chi connectivity index (χ4n) is 3.09. The number of sulfonamides is 1. The predicted octanol–water partition coefficient (Wildman–Crippen LogP) is 4.10. The minimum atomic E-state index is -3.99. The van der Waals surface area contributed by atoms with Crippen molar-refractivity contribution in [3.05, 3.63) is 89.0 Å². The van der Waals surface area contributed by atoms with Gasteiger partial charge in [-0.3, -0.25) is 14.7 Å². The predicted molar refractivity (Wildman–Crippen MR) is 125 cm³/mol. The molecule has 0 aromatic heterocycles. The Bertz CT molecular complexity index is 1290. The van der Waals surface area contributed by atoms with Crippen molar-refractivity contribution < 1.29 is 27.9 Å². The summed E-state index contributed by atoms with van der Waals surface area (Å²) >= 11 is 6.39. The SMILES string of the molecule is COc1ccc(S(=O)(=O)Nc2ccc(Cl)c(C(=CC(=O)NO)c3ccccc3)c2)cc1OC. The lowest BCUT2D eigenvalue weighted by Crippen LogP contribution is -2.16. The van der Waals surface area contributed by atoms with Gasteiger partial charge in [-0.15, -0.1) is 0 Å². The van der Waals surface area contributed by atoms with Crippen LogP contribution < -0.4 is 19.7 Å². The molecule has 33 heavy (non-hydrogen) atoms. The van der Waals surface area contributed by atoms with E-state index in [0.29, 0.717) is 22.4 Å². The monoisotopic (exact) mass is 488 g/mol. The van der Waals surface area contributed by atoms with E-state index in [1.807, 2.05) is 6.07 Å². The molecule has 10 heteroatoms. The highest BCUT2D eigenvalue weighted by molar-refractivity contribution is 7.92. The number of carbonyl (C=O) groups excluding carboxylic acids is 1. The van der Waals surface area contributed by atoms with Crippen molar-refractivity contribution in [1.29, 1.82) is 0 Å². The van der Waals surface area contributed by atoms with E-state index in [1.54, 1.807) is 29.7 Å². The zero-order chi connectivity index (χ0) is 24.0. The summed E-state index contributed by atoms with van der Waals surface area (Å²) in [5, 5.41) is 9.25. The lowest BCUT2D eigenvalue weighted by atomic mass is 9.97. The van der Waals surface area contributed by atoms with Crippen LogP contribution in [0.4, 0.5) is 5.69 Å². The highest BCUT2D eigenvalue weighted by Crippen LogP contribution is 2.33. The Labute approximate surface area is 196 Å². The molecule has 0 aliphatic carbocycles. The van der Waals surface area contributed by atoms with Crippen LogP contribution in [0.1, 0.15) is 11.1 Å². The summed E-state index contributed by atoms with van der Waals surface area (Å²) in [6.07, 6.45) is 1.17. The molecule has 3 N–H and O–H groups in total. The minimum Gasteiger partial charge on any atom is -0.493 e. The van der Waals surface area contributed by atoms with Crippen molar-refractivity contribution in [1.82, 2.24) is 5.48 Å². The normalized spacial score (nSPS) is 11.6. The molecule has 0 heterocycles. The zero-order valence-electron chi connectivity index (χ0n) is 17.7. The van der Waals surface area contributed by atoms with Gasteiger partial charge in [0.15, 0.2) is 11.5 Å². The number of amides is 1. The average molecular weight is 489 g/mol. The van der Waals surface area contributed by atoms with Crippen molar-refractivity contribution in [3.63, 3.8) is 0 Å². The maximum absolute atomic E-state index is 13.0. The van der Waals surface area contributed by atoms with Crippen molar-refractivity contribution in [2.24, 2.45) is 0 Å². The fourth-order valence-corrected chi connectivity index (χ4v) is 4.37. The van der Waals surface area contributed by atoms with Gasteiger partial charge in [-0.2, -0.15) is 0 Å². The van der Waals surface area contributed by atoms with Crippen LogP contribution in [-0.4, -0.2) is 33.8 Å². The third kappa shape index (κ3) is 5.64. The summed E-state index contributed by atoms with van der Waals surface area (Å²) in [6.45, 7) is 0. The molecule has 0 unspecified atom stereocenters. The Hall–Kier alpha value is -3.53. The van der Waals surface area contributed by atoms with Gasteiger partial charge in [0.25, 0.3) is 15.9 Å². The number of methoxy groups -OCH3 is 2. The molecule has 0 saturated heterocycles. The van der Waals surface area contributed by atoms with E-state index < -0.39 is 15.9 Å².